The van der Waals surface area contributed by atoms with Gasteiger partial charge < -0.3 is 9.84 Å². The quantitative estimate of drug-likeness (QED) is 0.726. The van der Waals surface area contributed by atoms with Crippen molar-refractivity contribution in [2.24, 2.45) is 11.8 Å². The second-order valence-corrected chi connectivity index (χ2v) is 4.57. The van der Waals surface area contributed by atoms with Crippen molar-refractivity contribution in [3.8, 4) is 0 Å². The molecule has 0 radical (unpaired) electrons. The molecular weight excluding hydrogens is 172 g/mol. The smallest absolute Gasteiger partial charge is 0.0515 e. The summed E-state index contributed by atoms with van der Waals surface area (Å²) in [5.41, 5.74) is 0. The summed E-state index contributed by atoms with van der Waals surface area (Å²) in [6, 6.07) is 0. The van der Waals surface area contributed by atoms with Gasteiger partial charge in [0, 0.05) is 19.6 Å². The molecule has 1 fully saturated rings. The number of aliphatic hydroxyl groups is 1. The number of thioether (sulfide) groups is 1. The molecule has 1 saturated heterocycles. The first kappa shape index (κ1) is 10.4. The lowest BCUT2D eigenvalue weighted by atomic mass is 9.88. The van der Waals surface area contributed by atoms with Crippen LogP contribution in [0.15, 0.2) is 0 Å². The van der Waals surface area contributed by atoms with Crippen molar-refractivity contribution < 1.29 is 9.84 Å². The van der Waals surface area contributed by atoms with Crippen molar-refractivity contribution in [1.29, 1.82) is 0 Å². The van der Waals surface area contributed by atoms with E-state index in [4.69, 9.17) is 9.84 Å². The summed E-state index contributed by atoms with van der Waals surface area (Å²) in [5, 5.41) is 9.12. The van der Waals surface area contributed by atoms with Crippen LogP contribution in [-0.4, -0.2) is 36.9 Å². The van der Waals surface area contributed by atoms with Crippen LogP contribution in [0.4, 0.5) is 0 Å². The molecule has 1 heterocycles. The molecule has 1 N–H and O–H groups in total. The molecular formula is C9H18O2S. The van der Waals surface area contributed by atoms with Crippen molar-refractivity contribution in [3.05, 3.63) is 0 Å². The average Bonchev–Trinajstić information content (AvgIpc) is 2.15. The Kier molecular flexibility index (Phi) is 5.04. The van der Waals surface area contributed by atoms with Crippen LogP contribution in [0.1, 0.15) is 12.8 Å². The van der Waals surface area contributed by atoms with Gasteiger partial charge in [0.1, 0.15) is 0 Å². The third kappa shape index (κ3) is 2.96. The van der Waals surface area contributed by atoms with Gasteiger partial charge in [-0.2, -0.15) is 11.8 Å². The maximum absolute atomic E-state index is 9.12. The molecule has 0 aromatic heterocycles. The molecule has 72 valence electrons. The molecule has 1 unspecified atom stereocenters. The molecule has 1 aliphatic heterocycles. The third-order valence-corrected chi connectivity index (χ3v) is 3.60. The fourth-order valence-corrected chi connectivity index (χ4v) is 2.88. The van der Waals surface area contributed by atoms with Crippen LogP contribution in [-0.2, 0) is 4.74 Å². The lowest BCUT2D eigenvalue weighted by molar-refractivity contribution is 0.0724. The number of rotatable bonds is 4. The Hall–Kier alpha value is 0.270. The van der Waals surface area contributed by atoms with Gasteiger partial charge in [-0.3, -0.25) is 0 Å². The van der Waals surface area contributed by atoms with E-state index in [1.54, 1.807) is 7.11 Å². The summed E-state index contributed by atoms with van der Waals surface area (Å²) >= 11 is 2.02. The van der Waals surface area contributed by atoms with Crippen molar-refractivity contribution >= 4 is 11.8 Å². The largest absolute Gasteiger partial charge is 0.396 e. The van der Waals surface area contributed by atoms with Crippen LogP contribution in [0, 0.1) is 11.8 Å². The molecule has 1 rings (SSSR count). The topological polar surface area (TPSA) is 29.5 Å². The average molecular weight is 190 g/mol. The lowest BCUT2D eigenvalue weighted by Crippen LogP contribution is -2.26. The summed E-state index contributed by atoms with van der Waals surface area (Å²) in [5.74, 6) is 3.57. The van der Waals surface area contributed by atoms with E-state index in [1.165, 1.54) is 24.3 Å². The minimum absolute atomic E-state index is 0.281. The first-order valence-corrected chi connectivity index (χ1v) is 5.71. The van der Waals surface area contributed by atoms with Crippen LogP contribution >= 0.6 is 11.8 Å². The second-order valence-electron chi connectivity index (χ2n) is 3.35. The normalized spacial score (nSPS) is 22.5. The van der Waals surface area contributed by atoms with Gasteiger partial charge in [-0.1, -0.05) is 0 Å². The molecule has 1 atom stereocenters. The fourth-order valence-electron chi connectivity index (χ4n) is 1.74. The summed E-state index contributed by atoms with van der Waals surface area (Å²) < 4.78 is 5.08. The van der Waals surface area contributed by atoms with Gasteiger partial charge in [-0.25, -0.2) is 0 Å². The highest BCUT2D eigenvalue weighted by atomic mass is 32.2. The van der Waals surface area contributed by atoms with Gasteiger partial charge in [-0.05, 0) is 30.3 Å². The zero-order valence-electron chi connectivity index (χ0n) is 7.66. The van der Waals surface area contributed by atoms with Gasteiger partial charge in [-0.15, -0.1) is 0 Å². The van der Waals surface area contributed by atoms with Gasteiger partial charge in [0.25, 0.3) is 0 Å². The number of aliphatic hydroxyl groups excluding tert-OH is 1. The fraction of sp³-hybridized carbons (Fsp3) is 1.00. The first-order chi connectivity index (χ1) is 5.88. The predicted molar refractivity (Wildman–Crippen MR) is 52.5 cm³/mol. The van der Waals surface area contributed by atoms with Crippen LogP contribution < -0.4 is 0 Å². The lowest BCUT2D eigenvalue weighted by Gasteiger charge is -2.28. The number of hydrogen-bond acceptors (Lipinski definition) is 3. The Balaban J connectivity index is 2.29. The minimum Gasteiger partial charge on any atom is -0.396 e. The molecule has 0 aromatic rings. The van der Waals surface area contributed by atoms with Crippen LogP contribution in [0.2, 0.25) is 0 Å². The van der Waals surface area contributed by atoms with E-state index in [0.717, 1.165) is 0 Å². The molecule has 0 spiro atoms. The number of ether oxygens (including phenoxy) is 1. The summed E-state index contributed by atoms with van der Waals surface area (Å²) in [7, 11) is 1.71. The minimum atomic E-state index is 0.281. The Morgan fingerprint density at radius 1 is 1.50 bits per heavy atom. The molecule has 0 aliphatic carbocycles. The second kappa shape index (κ2) is 5.84. The van der Waals surface area contributed by atoms with E-state index in [1.807, 2.05) is 11.8 Å². The Morgan fingerprint density at radius 2 is 2.17 bits per heavy atom. The number of hydrogen-bond donors (Lipinski definition) is 1. The first-order valence-electron chi connectivity index (χ1n) is 4.56. The van der Waals surface area contributed by atoms with Crippen LogP contribution in [0.5, 0.6) is 0 Å². The van der Waals surface area contributed by atoms with Crippen molar-refractivity contribution in [1.82, 2.24) is 0 Å². The summed E-state index contributed by atoms with van der Waals surface area (Å²) in [6.45, 7) is 0.995. The van der Waals surface area contributed by atoms with Crippen LogP contribution in [0.3, 0.4) is 0 Å². The predicted octanol–water partition coefficient (Wildman–Crippen LogP) is 1.38. The van der Waals surface area contributed by atoms with Crippen molar-refractivity contribution in [2.75, 3.05) is 31.8 Å². The van der Waals surface area contributed by atoms with Crippen molar-refractivity contribution in [2.45, 2.75) is 12.8 Å². The van der Waals surface area contributed by atoms with E-state index >= 15 is 0 Å². The third-order valence-electron chi connectivity index (χ3n) is 2.55. The Morgan fingerprint density at radius 3 is 2.67 bits per heavy atom. The zero-order valence-corrected chi connectivity index (χ0v) is 8.48. The summed E-state index contributed by atoms with van der Waals surface area (Å²) in [4.78, 5) is 0. The molecule has 2 nitrogen and oxygen atoms in total. The van der Waals surface area contributed by atoms with E-state index in [9.17, 15) is 0 Å². The highest BCUT2D eigenvalue weighted by Crippen LogP contribution is 2.28. The SMILES string of the molecule is COCC(CO)C1CCSCC1. The molecule has 12 heavy (non-hydrogen) atoms. The van der Waals surface area contributed by atoms with Crippen LogP contribution in [0.25, 0.3) is 0 Å². The molecule has 0 amide bonds. The Bertz CT molecular complexity index is 110. The van der Waals surface area contributed by atoms with Crippen molar-refractivity contribution in [3.63, 3.8) is 0 Å². The summed E-state index contributed by atoms with van der Waals surface area (Å²) in [6.07, 6.45) is 2.50. The molecule has 0 aromatic carbocycles. The molecule has 1 aliphatic rings. The maximum Gasteiger partial charge on any atom is 0.0515 e. The van der Waals surface area contributed by atoms with Gasteiger partial charge in [0.2, 0.25) is 0 Å². The maximum atomic E-state index is 9.12. The standard InChI is InChI=1S/C9H18O2S/c1-11-7-9(6-10)8-2-4-12-5-3-8/h8-10H,2-7H2,1H3. The highest BCUT2D eigenvalue weighted by molar-refractivity contribution is 7.99. The van der Waals surface area contributed by atoms with Gasteiger partial charge in [0.05, 0.1) is 6.61 Å². The Labute approximate surface area is 78.7 Å². The molecule has 0 bridgehead atoms. The van der Waals surface area contributed by atoms with E-state index in [0.29, 0.717) is 18.4 Å². The zero-order chi connectivity index (χ0) is 8.81. The highest BCUT2D eigenvalue weighted by Gasteiger charge is 2.22. The van der Waals surface area contributed by atoms with Gasteiger partial charge in [0.15, 0.2) is 0 Å². The van der Waals surface area contributed by atoms with E-state index in [-0.39, 0.29) is 6.61 Å². The number of methoxy groups -OCH3 is 1. The van der Waals surface area contributed by atoms with E-state index < -0.39 is 0 Å². The monoisotopic (exact) mass is 190 g/mol. The molecule has 3 heteroatoms. The molecule has 0 saturated carbocycles. The van der Waals surface area contributed by atoms with Gasteiger partial charge >= 0.3 is 0 Å². The van der Waals surface area contributed by atoms with E-state index in [2.05, 4.69) is 0 Å².